The van der Waals surface area contributed by atoms with Crippen molar-refractivity contribution in [2.45, 2.75) is 46.7 Å². The molecule has 1 heterocycles. The smallest absolute Gasteiger partial charge is 0.0918 e. The third kappa shape index (κ3) is 4.31. The molecule has 0 aliphatic rings. The third-order valence-electron chi connectivity index (χ3n) is 3.21. The molecule has 0 saturated carbocycles. The molecule has 19 heavy (non-hydrogen) atoms. The van der Waals surface area contributed by atoms with Crippen molar-refractivity contribution in [1.29, 1.82) is 5.41 Å². The first-order chi connectivity index (χ1) is 9.03. The topological polar surface area (TPSA) is 70.9 Å². The van der Waals surface area contributed by atoms with Gasteiger partial charge in [0, 0.05) is 26.1 Å². The maximum absolute atomic E-state index is 7.32. The number of nitrogens with two attached hydrogens (primary N) is 1. The highest BCUT2D eigenvalue weighted by Gasteiger charge is 2.16. The highest BCUT2D eigenvalue weighted by molar-refractivity contribution is 9.10. The summed E-state index contributed by atoms with van der Waals surface area (Å²) in [7, 11) is 0. The van der Waals surface area contributed by atoms with Crippen LogP contribution in [0.3, 0.4) is 0 Å². The average Bonchev–Trinajstić information content (AvgIpc) is 2.70. The van der Waals surface area contributed by atoms with E-state index in [1.807, 2.05) is 0 Å². The van der Waals surface area contributed by atoms with Crippen molar-refractivity contribution in [3.05, 3.63) is 15.9 Å². The van der Waals surface area contributed by atoms with Crippen molar-refractivity contribution in [3.63, 3.8) is 0 Å². The summed E-state index contributed by atoms with van der Waals surface area (Å²) in [6.07, 6.45) is 1.55. The minimum atomic E-state index is 0.246. The lowest BCUT2D eigenvalue weighted by Crippen LogP contribution is -2.28. The van der Waals surface area contributed by atoms with Crippen molar-refractivity contribution < 1.29 is 0 Å². The van der Waals surface area contributed by atoms with E-state index in [4.69, 9.17) is 11.1 Å². The highest BCUT2D eigenvalue weighted by Crippen LogP contribution is 2.23. The largest absolute Gasteiger partial charge is 0.388 e. The van der Waals surface area contributed by atoms with Gasteiger partial charge in [0.05, 0.1) is 21.7 Å². The Labute approximate surface area is 123 Å². The number of amidine groups is 1. The first-order valence-corrected chi connectivity index (χ1v) is 7.61. The van der Waals surface area contributed by atoms with Gasteiger partial charge in [-0.15, -0.1) is 0 Å². The van der Waals surface area contributed by atoms with E-state index < -0.39 is 0 Å². The zero-order valence-corrected chi connectivity index (χ0v) is 13.6. The molecule has 1 aromatic heterocycles. The predicted octanol–water partition coefficient (Wildman–Crippen LogP) is 2.38. The van der Waals surface area contributed by atoms with Gasteiger partial charge in [-0.3, -0.25) is 15.0 Å². The second kappa shape index (κ2) is 7.65. The monoisotopic (exact) mass is 329 g/mol. The van der Waals surface area contributed by atoms with Crippen LogP contribution < -0.4 is 5.73 Å². The van der Waals surface area contributed by atoms with Gasteiger partial charge in [0.1, 0.15) is 0 Å². The fourth-order valence-corrected chi connectivity index (χ4v) is 2.70. The van der Waals surface area contributed by atoms with Crippen LogP contribution in [0.15, 0.2) is 4.47 Å². The molecule has 0 radical (unpaired) electrons. The molecule has 0 aromatic carbocycles. The van der Waals surface area contributed by atoms with Crippen molar-refractivity contribution >= 4 is 21.8 Å². The number of hydrogen-bond acceptors (Lipinski definition) is 3. The summed E-state index contributed by atoms with van der Waals surface area (Å²) >= 11 is 3.66. The summed E-state index contributed by atoms with van der Waals surface area (Å²) in [6.45, 7) is 9.81. The molecule has 0 fully saturated rings. The summed E-state index contributed by atoms with van der Waals surface area (Å²) in [5.74, 6) is 0.246. The standard InChI is InChI=1S/C13H24BrN5/c1-4-10-13(14)11(19(6-3)17-10)9-18(5-2)8-7-12(15)16/h4-9H2,1-3H3,(H3,15,16). The quantitative estimate of drug-likeness (QED) is 0.568. The predicted molar refractivity (Wildman–Crippen MR) is 82.5 cm³/mol. The molecule has 0 unspecified atom stereocenters. The molecule has 0 amide bonds. The van der Waals surface area contributed by atoms with Crippen molar-refractivity contribution in [2.75, 3.05) is 13.1 Å². The Kier molecular flexibility index (Phi) is 6.51. The molecule has 0 bridgehead atoms. The van der Waals surface area contributed by atoms with Crippen LogP contribution in [-0.4, -0.2) is 33.6 Å². The number of nitrogens with one attached hydrogen (secondary N) is 1. The summed E-state index contributed by atoms with van der Waals surface area (Å²) in [6, 6.07) is 0. The number of aryl methyl sites for hydroxylation is 2. The molecule has 6 heteroatoms. The van der Waals surface area contributed by atoms with Gasteiger partial charge in [0.2, 0.25) is 0 Å². The number of nitrogens with zero attached hydrogens (tertiary/aromatic N) is 3. The van der Waals surface area contributed by atoms with Crippen LogP contribution >= 0.6 is 15.9 Å². The lowest BCUT2D eigenvalue weighted by atomic mass is 10.2. The second-order valence-corrected chi connectivity index (χ2v) is 5.31. The van der Waals surface area contributed by atoms with E-state index >= 15 is 0 Å². The van der Waals surface area contributed by atoms with Gasteiger partial charge in [-0.05, 0) is 35.8 Å². The Bertz CT molecular complexity index is 427. The molecule has 1 aromatic rings. The number of rotatable bonds is 8. The molecule has 5 nitrogen and oxygen atoms in total. The lowest BCUT2D eigenvalue weighted by Gasteiger charge is -2.20. The molecular weight excluding hydrogens is 306 g/mol. The van der Waals surface area contributed by atoms with E-state index in [0.717, 1.165) is 42.8 Å². The zero-order chi connectivity index (χ0) is 14.4. The van der Waals surface area contributed by atoms with Crippen LogP contribution in [0.4, 0.5) is 0 Å². The van der Waals surface area contributed by atoms with Gasteiger partial charge in [-0.2, -0.15) is 5.10 Å². The molecule has 0 aliphatic carbocycles. The van der Waals surface area contributed by atoms with Crippen molar-refractivity contribution in [1.82, 2.24) is 14.7 Å². The minimum Gasteiger partial charge on any atom is -0.388 e. The molecule has 108 valence electrons. The Balaban J connectivity index is 2.83. The summed E-state index contributed by atoms with van der Waals surface area (Å²) < 4.78 is 3.18. The van der Waals surface area contributed by atoms with Crippen LogP contribution in [0.25, 0.3) is 0 Å². The Hall–Kier alpha value is -0.880. The van der Waals surface area contributed by atoms with Gasteiger partial charge < -0.3 is 5.73 Å². The van der Waals surface area contributed by atoms with Gasteiger partial charge >= 0.3 is 0 Å². The summed E-state index contributed by atoms with van der Waals surface area (Å²) in [5, 5.41) is 11.9. The zero-order valence-electron chi connectivity index (χ0n) is 12.0. The molecule has 0 saturated heterocycles. The molecule has 0 aliphatic heterocycles. The van der Waals surface area contributed by atoms with Gasteiger partial charge in [-0.25, -0.2) is 0 Å². The second-order valence-electron chi connectivity index (χ2n) is 4.52. The number of hydrogen-bond donors (Lipinski definition) is 2. The number of aromatic nitrogens is 2. The van der Waals surface area contributed by atoms with Crippen LogP contribution in [-0.2, 0) is 19.5 Å². The van der Waals surface area contributed by atoms with Crippen LogP contribution in [0, 0.1) is 5.41 Å². The lowest BCUT2D eigenvalue weighted by molar-refractivity contribution is 0.278. The first kappa shape index (κ1) is 16.2. The third-order valence-corrected chi connectivity index (χ3v) is 4.13. The Morgan fingerprint density at radius 3 is 2.58 bits per heavy atom. The maximum Gasteiger partial charge on any atom is 0.0918 e. The maximum atomic E-state index is 7.32. The SMILES string of the molecule is CCc1nn(CC)c(CN(CC)CCC(=N)N)c1Br. The van der Waals surface area contributed by atoms with Crippen LogP contribution in [0.1, 0.15) is 38.6 Å². The van der Waals surface area contributed by atoms with E-state index in [2.05, 4.69) is 51.4 Å². The van der Waals surface area contributed by atoms with E-state index in [1.165, 1.54) is 5.69 Å². The highest BCUT2D eigenvalue weighted by atomic mass is 79.9. The molecule has 0 atom stereocenters. The van der Waals surface area contributed by atoms with E-state index in [0.29, 0.717) is 6.42 Å². The van der Waals surface area contributed by atoms with Gasteiger partial charge in [-0.1, -0.05) is 13.8 Å². The fraction of sp³-hybridized carbons (Fsp3) is 0.692. The van der Waals surface area contributed by atoms with Gasteiger partial charge in [0.15, 0.2) is 0 Å². The first-order valence-electron chi connectivity index (χ1n) is 6.82. The van der Waals surface area contributed by atoms with E-state index in [9.17, 15) is 0 Å². The van der Waals surface area contributed by atoms with E-state index in [-0.39, 0.29) is 5.84 Å². The molecule has 3 N–H and O–H groups in total. The molecule has 1 rings (SSSR count). The molecular formula is C13H24BrN5. The molecule has 0 spiro atoms. The fourth-order valence-electron chi connectivity index (χ4n) is 2.01. The van der Waals surface area contributed by atoms with Crippen molar-refractivity contribution in [2.24, 2.45) is 5.73 Å². The van der Waals surface area contributed by atoms with Crippen molar-refractivity contribution in [3.8, 4) is 0 Å². The number of halogens is 1. The normalized spacial score (nSPS) is 11.2. The summed E-state index contributed by atoms with van der Waals surface area (Å²) in [4.78, 5) is 2.29. The van der Waals surface area contributed by atoms with Gasteiger partial charge in [0.25, 0.3) is 0 Å². The van der Waals surface area contributed by atoms with Crippen LogP contribution in [0.5, 0.6) is 0 Å². The average molecular weight is 330 g/mol. The van der Waals surface area contributed by atoms with E-state index in [1.54, 1.807) is 0 Å². The Morgan fingerprint density at radius 1 is 1.42 bits per heavy atom. The Morgan fingerprint density at radius 2 is 2.11 bits per heavy atom. The van der Waals surface area contributed by atoms with Crippen LogP contribution in [0.2, 0.25) is 0 Å². The summed E-state index contributed by atoms with van der Waals surface area (Å²) in [5.41, 5.74) is 7.75. The minimum absolute atomic E-state index is 0.246.